The molecule has 1 unspecified atom stereocenters. The minimum absolute atomic E-state index is 0.162. The molecule has 0 radical (unpaired) electrons. The van der Waals surface area contributed by atoms with Gasteiger partial charge < -0.3 is 4.90 Å². The largest absolute Gasteiger partial charge is 0.336 e. The molecule has 1 aliphatic rings. The monoisotopic (exact) mass is 251 g/mol. The van der Waals surface area contributed by atoms with Gasteiger partial charge in [0.15, 0.2) is 0 Å². The lowest BCUT2D eigenvalue weighted by Crippen LogP contribution is -2.35. The van der Waals surface area contributed by atoms with Gasteiger partial charge in [-0.2, -0.15) is 0 Å². The van der Waals surface area contributed by atoms with Crippen LogP contribution in [0.1, 0.15) is 42.1 Å². The molecule has 17 heavy (non-hydrogen) atoms. The maximum atomic E-state index is 12.3. The first-order chi connectivity index (χ1) is 8.26. The van der Waals surface area contributed by atoms with E-state index in [0.29, 0.717) is 11.9 Å². The lowest BCUT2D eigenvalue weighted by Gasteiger charge is -2.23. The number of alkyl halides is 1. The Labute approximate surface area is 108 Å². The van der Waals surface area contributed by atoms with Crippen molar-refractivity contribution in [3.8, 4) is 0 Å². The summed E-state index contributed by atoms with van der Waals surface area (Å²) in [7, 11) is 0. The molecule has 1 aromatic carbocycles. The van der Waals surface area contributed by atoms with Crippen molar-refractivity contribution in [1.82, 2.24) is 4.90 Å². The van der Waals surface area contributed by atoms with Gasteiger partial charge in [0.25, 0.3) is 5.91 Å². The fraction of sp³-hybridized carbons (Fsp3) is 0.500. The van der Waals surface area contributed by atoms with Crippen molar-refractivity contribution in [3.05, 3.63) is 35.4 Å². The van der Waals surface area contributed by atoms with Crippen molar-refractivity contribution in [1.29, 1.82) is 0 Å². The van der Waals surface area contributed by atoms with Gasteiger partial charge in [-0.05, 0) is 37.0 Å². The number of amides is 1. The molecule has 1 atom stereocenters. The van der Waals surface area contributed by atoms with E-state index in [1.807, 2.05) is 29.2 Å². The van der Waals surface area contributed by atoms with E-state index in [2.05, 4.69) is 6.92 Å². The fourth-order valence-corrected chi connectivity index (χ4v) is 2.61. The molecule has 0 saturated carbocycles. The van der Waals surface area contributed by atoms with Gasteiger partial charge in [0, 0.05) is 24.0 Å². The number of carbonyl (C=O) groups is 1. The molecule has 92 valence electrons. The third-order valence-electron chi connectivity index (χ3n) is 3.46. The van der Waals surface area contributed by atoms with E-state index in [4.69, 9.17) is 11.6 Å². The molecule has 3 heteroatoms. The molecule has 1 aromatic rings. The van der Waals surface area contributed by atoms with Gasteiger partial charge in [0.05, 0.1) is 0 Å². The van der Waals surface area contributed by atoms with E-state index >= 15 is 0 Å². The zero-order valence-electron chi connectivity index (χ0n) is 10.2. The Balaban J connectivity index is 2.13. The van der Waals surface area contributed by atoms with Gasteiger partial charge in [0.1, 0.15) is 0 Å². The van der Waals surface area contributed by atoms with Gasteiger partial charge >= 0.3 is 0 Å². The van der Waals surface area contributed by atoms with Gasteiger partial charge in [0.2, 0.25) is 0 Å². The molecule has 0 aromatic heterocycles. The molecule has 0 aliphatic carbocycles. The van der Waals surface area contributed by atoms with Crippen molar-refractivity contribution in [2.45, 2.75) is 38.1 Å². The van der Waals surface area contributed by atoms with Crippen LogP contribution in [0.5, 0.6) is 0 Å². The second kappa shape index (κ2) is 5.54. The molecule has 2 nitrogen and oxygen atoms in total. The first-order valence-corrected chi connectivity index (χ1v) is 6.75. The molecule has 2 rings (SSSR count). The molecule has 0 N–H and O–H groups in total. The molecule has 1 fully saturated rings. The van der Waals surface area contributed by atoms with Crippen LogP contribution in [0.3, 0.4) is 0 Å². The number of hydrogen-bond donors (Lipinski definition) is 0. The lowest BCUT2D eigenvalue weighted by molar-refractivity contribution is 0.0733. The van der Waals surface area contributed by atoms with Gasteiger partial charge in [-0.3, -0.25) is 4.79 Å². The van der Waals surface area contributed by atoms with E-state index in [1.165, 1.54) is 0 Å². The number of benzene rings is 1. The smallest absolute Gasteiger partial charge is 0.254 e. The van der Waals surface area contributed by atoms with Crippen molar-refractivity contribution in [2.24, 2.45) is 0 Å². The van der Waals surface area contributed by atoms with Gasteiger partial charge in [-0.15, -0.1) is 11.6 Å². The number of carbonyl (C=O) groups excluding carboxylic acids is 1. The van der Waals surface area contributed by atoms with Crippen molar-refractivity contribution >= 4 is 17.5 Å². The maximum absolute atomic E-state index is 12.3. The Hall–Kier alpha value is -1.02. The van der Waals surface area contributed by atoms with Gasteiger partial charge in [-0.1, -0.05) is 19.1 Å². The van der Waals surface area contributed by atoms with Crippen LogP contribution in [0.15, 0.2) is 24.3 Å². The Bertz CT molecular complexity index is 388. The summed E-state index contributed by atoms with van der Waals surface area (Å²) >= 11 is 5.74. The summed E-state index contributed by atoms with van der Waals surface area (Å²) in [5.41, 5.74) is 1.83. The average Bonchev–Trinajstić information content (AvgIpc) is 2.86. The summed E-state index contributed by atoms with van der Waals surface area (Å²) in [5, 5.41) is 0. The summed E-state index contributed by atoms with van der Waals surface area (Å²) in [6.45, 7) is 3.04. The van der Waals surface area contributed by atoms with Crippen molar-refractivity contribution in [3.63, 3.8) is 0 Å². The molecular formula is C14H18ClNO. The molecule has 1 heterocycles. The van der Waals surface area contributed by atoms with Crippen LogP contribution in [-0.2, 0) is 5.88 Å². The standard InChI is InChI=1S/C14H18ClNO/c1-2-13-4-3-9-16(13)14(17)12-7-5-11(10-15)6-8-12/h5-8,13H,2-4,9-10H2,1H3. The second-order valence-electron chi connectivity index (χ2n) is 4.53. The Morgan fingerprint density at radius 3 is 2.71 bits per heavy atom. The number of rotatable bonds is 3. The van der Waals surface area contributed by atoms with E-state index in [0.717, 1.165) is 36.9 Å². The highest BCUT2D eigenvalue weighted by molar-refractivity contribution is 6.17. The van der Waals surface area contributed by atoms with E-state index < -0.39 is 0 Å². The van der Waals surface area contributed by atoms with Gasteiger partial charge in [-0.25, -0.2) is 0 Å². The minimum Gasteiger partial charge on any atom is -0.336 e. The first kappa shape index (κ1) is 12.4. The molecule has 0 bridgehead atoms. The summed E-state index contributed by atoms with van der Waals surface area (Å²) in [6, 6.07) is 8.04. The van der Waals surface area contributed by atoms with E-state index in [9.17, 15) is 4.79 Å². The Morgan fingerprint density at radius 1 is 1.41 bits per heavy atom. The Morgan fingerprint density at radius 2 is 2.12 bits per heavy atom. The number of halogens is 1. The molecule has 1 saturated heterocycles. The summed E-state index contributed by atoms with van der Waals surface area (Å²) < 4.78 is 0. The fourth-order valence-electron chi connectivity index (χ4n) is 2.43. The van der Waals surface area contributed by atoms with E-state index in [1.54, 1.807) is 0 Å². The highest BCUT2D eigenvalue weighted by Gasteiger charge is 2.27. The molecule has 1 amide bonds. The van der Waals surface area contributed by atoms with Crippen LogP contribution in [-0.4, -0.2) is 23.4 Å². The SMILES string of the molecule is CCC1CCCN1C(=O)c1ccc(CCl)cc1. The molecular weight excluding hydrogens is 234 g/mol. The Kier molecular flexibility index (Phi) is 4.06. The lowest BCUT2D eigenvalue weighted by atomic mass is 10.1. The van der Waals surface area contributed by atoms with Crippen LogP contribution in [0, 0.1) is 0 Å². The zero-order valence-corrected chi connectivity index (χ0v) is 10.9. The molecule has 0 spiro atoms. The molecule has 1 aliphatic heterocycles. The quantitative estimate of drug-likeness (QED) is 0.754. The van der Waals surface area contributed by atoms with Crippen molar-refractivity contribution in [2.75, 3.05) is 6.54 Å². The first-order valence-electron chi connectivity index (χ1n) is 6.22. The highest BCUT2D eigenvalue weighted by Crippen LogP contribution is 2.22. The maximum Gasteiger partial charge on any atom is 0.254 e. The third-order valence-corrected chi connectivity index (χ3v) is 3.77. The predicted octanol–water partition coefficient (Wildman–Crippen LogP) is 3.44. The van der Waals surface area contributed by atoms with Crippen molar-refractivity contribution < 1.29 is 4.79 Å². The number of hydrogen-bond acceptors (Lipinski definition) is 1. The number of nitrogens with zero attached hydrogens (tertiary/aromatic N) is 1. The van der Waals surface area contributed by atoms with Crippen LogP contribution < -0.4 is 0 Å². The van der Waals surface area contributed by atoms with Crippen LogP contribution >= 0.6 is 11.6 Å². The summed E-state index contributed by atoms with van der Waals surface area (Å²) in [5.74, 6) is 0.658. The van der Waals surface area contributed by atoms with E-state index in [-0.39, 0.29) is 5.91 Å². The van der Waals surface area contributed by atoms with Crippen LogP contribution in [0.4, 0.5) is 0 Å². The summed E-state index contributed by atoms with van der Waals surface area (Å²) in [6.07, 6.45) is 3.32. The topological polar surface area (TPSA) is 20.3 Å². The second-order valence-corrected chi connectivity index (χ2v) is 4.80. The average molecular weight is 252 g/mol. The number of likely N-dealkylation sites (tertiary alicyclic amines) is 1. The summed E-state index contributed by atoms with van der Waals surface area (Å²) in [4.78, 5) is 14.3. The van der Waals surface area contributed by atoms with Crippen LogP contribution in [0.2, 0.25) is 0 Å². The highest BCUT2D eigenvalue weighted by atomic mass is 35.5. The van der Waals surface area contributed by atoms with Crippen LogP contribution in [0.25, 0.3) is 0 Å². The normalized spacial score (nSPS) is 19.6. The third kappa shape index (κ3) is 2.63. The minimum atomic E-state index is 0.162. The predicted molar refractivity (Wildman–Crippen MR) is 70.3 cm³/mol. The zero-order chi connectivity index (χ0) is 12.3.